The SMILES string of the molecule is CCOC1CCC(OCCCC=O)CC1. The maximum atomic E-state index is 10.1. The molecule has 1 aliphatic rings. The van der Waals surface area contributed by atoms with E-state index in [2.05, 4.69) is 0 Å². The summed E-state index contributed by atoms with van der Waals surface area (Å²) in [6.07, 6.45) is 7.71. The van der Waals surface area contributed by atoms with Gasteiger partial charge in [0.1, 0.15) is 6.29 Å². The van der Waals surface area contributed by atoms with Crippen LogP contribution in [0.2, 0.25) is 0 Å². The summed E-state index contributed by atoms with van der Waals surface area (Å²) in [5, 5.41) is 0. The van der Waals surface area contributed by atoms with E-state index in [1.165, 1.54) is 0 Å². The van der Waals surface area contributed by atoms with Crippen molar-refractivity contribution in [2.24, 2.45) is 0 Å². The van der Waals surface area contributed by atoms with Crippen LogP contribution in [-0.2, 0) is 14.3 Å². The summed E-state index contributed by atoms with van der Waals surface area (Å²) in [4.78, 5) is 10.1. The second kappa shape index (κ2) is 7.83. The van der Waals surface area contributed by atoms with Crippen molar-refractivity contribution >= 4 is 6.29 Å². The fraction of sp³-hybridized carbons (Fsp3) is 0.917. The lowest BCUT2D eigenvalue weighted by Gasteiger charge is -2.28. The van der Waals surface area contributed by atoms with E-state index in [4.69, 9.17) is 9.47 Å². The molecule has 1 fully saturated rings. The molecule has 0 aromatic carbocycles. The zero-order valence-corrected chi connectivity index (χ0v) is 9.61. The second-order valence-electron chi connectivity index (χ2n) is 4.03. The van der Waals surface area contributed by atoms with Crippen LogP contribution in [0.3, 0.4) is 0 Å². The molecule has 0 radical (unpaired) electrons. The lowest BCUT2D eigenvalue weighted by atomic mass is 9.95. The van der Waals surface area contributed by atoms with Crippen molar-refractivity contribution in [2.45, 2.75) is 57.7 Å². The van der Waals surface area contributed by atoms with E-state index in [9.17, 15) is 4.79 Å². The summed E-state index contributed by atoms with van der Waals surface area (Å²) >= 11 is 0. The van der Waals surface area contributed by atoms with Gasteiger partial charge in [-0.2, -0.15) is 0 Å². The Hall–Kier alpha value is -0.410. The fourth-order valence-corrected chi connectivity index (χ4v) is 2.02. The second-order valence-corrected chi connectivity index (χ2v) is 4.03. The van der Waals surface area contributed by atoms with Crippen molar-refractivity contribution in [2.75, 3.05) is 13.2 Å². The predicted octanol–water partition coefficient (Wildman–Crippen LogP) is 2.33. The number of ether oxygens (including phenoxy) is 2. The van der Waals surface area contributed by atoms with Crippen LogP contribution in [0.4, 0.5) is 0 Å². The molecule has 0 unspecified atom stereocenters. The van der Waals surface area contributed by atoms with Crippen molar-refractivity contribution in [3.05, 3.63) is 0 Å². The van der Waals surface area contributed by atoms with Crippen LogP contribution in [0, 0.1) is 0 Å². The van der Waals surface area contributed by atoms with Gasteiger partial charge >= 0.3 is 0 Å². The number of hydrogen-bond acceptors (Lipinski definition) is 3. The Balaban J connectivity index is 2.01. The van der Waals surface area contributed by atoms with E-state index in [1.54, 1.807) is 0 Å². The molecule has 1 aliphatic carbocycles. The first-order chi connectivity index (χ1) is 7.36. The number of aldehydes is 1. The van der Waals surface area contributed by atoms with Gasteiger partial charge in [-0.3, -0.25) is 0 Å². The molecule has 88 valence electrons. The molecule has 15 heavy (non-hydrogen) atoms. The molecule has 0 aromatic heterocycles. The number of unbranched alkanes of at least 4 members (excludes halogenated alkanes) is 1. The molecule has 1 rings (SSSR count). The zero-order valence-electron chi connectivity index (χ0n) is 9.61. The van der Waals surface area contributed by atoms with Crippen molar-refractivity contribution in [3.8, 4) is 0 Å². The summed E-state index contributed by atoms with van der Waals surface area (Å²) in [6.45, 7) is 3.58. The molecule has 0 heterocycles. The van der Waals surface area contributed by atoms with E-state index in [1.807, 2.05) is 6.92 Å². The maximum absolute atomic E-state index is 10.1. The van der Waals surface area contributed by atoms with E-state index in [0.29, 0.717) is 18.6 Å². The first kappa shape index (κ1) is 12.7. The minimum atomic E-state index is 0.397. The largest absolute Gasteiger partial charge is 0.379 e. The van der Waals surface area contributed by atoms with Crippen LogP contribution in [0.25, 0.3) is 0 Å². The number of carbonyl (C=O) groups excluding carboxylic acids is 1. The van der Waals surface area contributed by atoms with Crippen molar-refractivity contribution in [1.82, 2.24) is 0 Å². The van der Waals surface area contributed by atoms with Gasteiger partial charge in [-0.1, -0.05) is 0 Å². The summed E-state index contributed by atoms with van der Waals surface area (Å²) < 4.78 is 11.3. The van der Waals surface area contributed by atoms with E-state index < -0.39 is 0 Å². The van der Waals surface area contributed by atoms with Gasteiger partial charge in [0.15, 0.2) is 0 Å². The normalized spacial score (nSPS) is 26.5. The van der Waals surface area contributed by atoms with E-state index >= 15 is 0 Å². The first-order valence-corrected chi connectivity index (χ1v) is 6.03. The molecule has 0 aliphatic heterocycles. The van der Waals surface area contributed by atoms with Gasteiger partial charge in [0.2, 0.25) is 0 Å². The average molecular weight is 214 g/mol. The Bertz CT molecular complexity index is 162. The first-order valence-electron chi connectivity index (χ1n) is 6.03. The highest BCUT2D eigenvalue weighted by Crippen LogP contribution is 2.23. The van der Waals surface area contributed by atoms with Crippen LogP contribution >= 0.6 is 0 Å². The van der Waals surface area contributed by atoms with Crippen LogP contribution in [-0.4, -0.2) is 31.7 Å². The number of carbonyl (C=O) groups is 1. The summed E-state index contributed by atoms with van der Waals surface area (Å²) in [5.74, 6) is 0. The minimum Gasteiger partial charge on any atom is -0.379 e. The predicted molar refractivity (Wildman–Crippen MR) is 58.9 cm³/mol. The molecule has 0 spiro atoms. The lowest BCUT2D eigenvalue weighted by molar-refractivity contribution is -0.108. The van der Waals surface area contributed by atoms with Gasteiger partial charge in [-0.05, 0) is 39.0 Å². The molecular weight excluding hydrogens is 192 g/mol. The van der Waals surface area contributed by atoms with Crippen LogP contribution in [0.1, 0.15) is 45.4 Å². The van der Waals surface area contributed by atoms with Crippen molar-refractivity contribution < 1.29 is 14.3 Å². The Morgan fingerprint density at radius 2 is 1.73 bits per heavy atom. The summed E-state index contributed by atoms with van der Waals surface area (Å²) in [5.41, 5.74) is 0. The average Bonchev–Trinajstić information content (AvgIpc) is 2.27. The Morgan fingerprint density at radius 1 is 1.13 bits per heavy atom. The highest BCUT2D eigenvalue weighted by atomic mass is 16.5. The molecule has 0 saturated heterocycles. The molecule has 3 nitrogen and oxygen atoms in total. The van der Waals surface area contributed by atoms with Gasteiger partial charge in [0.05, 0.1) is 12.2 Å². The van der Waals surface area contributed by atoms with Crippen LogP contribution < -0.4 is 0 Å². The smallest absolute Gasteiger partial charge is 0.120 e. The Kier molecular flexibility index (Phi) is 6.60. The van der Waals surface area contributed by atoms with Gasteiger partial charge < -0.3 is 14.3 Å². The summed E-state index contributed by atoms with van der Waals surface area (Å²) in [6, 6.07) is 0. The molecule has 0 atom stereocenters. The third-order valence-corrected chi connectivity index (χ3v) is 2.84. The molecule has 0 amide bonds. The zero-order chi connectivity index (χ0) is 10.9. The van der Waals surface area contributed by atoms with E-state index in [0.717, 1.165) is 51.6 Å². The fourth-order valence-electron chi connectivity index (χ4n) is 2.02. The van der Waals surface area contributed by atoms with Gasteiger partial charge in [0, 0.05) is 19.6 Å². The molecule has 1 saturated carbocycles. The molecular formula is C12H22O3. The minimum absolute atomic E-state index is 0.397. The maximum Gasteiger partial charge on any atom is 0.120 e. The van der Waals surface area contributed by atoms with Crippen molar-refractivity contribution in [1.29, 1.82) is 0 Å². The quantitative estimate of drug-likeness (QED) is 0.482. The molecule has 0 N–H and O–H groups in total. The van der Waals surface area contributed by atoms with E-state index in [-0.39, 0.29) is 0 Å². The Labute approximate surface area is 92.1 Å². The monoisotopic (exact) mass is 214 g/mol. The van der Waals surface area contributed by atoms with Gasteiger partial charge in [0.25, 0.3) is 0 Å². The third-order valence-electron chi connectivity index (χ3n) is 2.84. The van der Waals surface area contributed by atoms with Crippen LogP contribution in [0.15, 0.2) is 0 Å². The lowest BCUT2D eigenvalue weighted by Crippen LogP contribution is -2.26. The standard InChI is InChI=1S/C12H22O3/c1-2-14-11-5-7-12(8-6-11)15-10-4-3-9-13/h9,11-12H,2-8,10H2,1H3. The molecule has 0 aromatic rings. The highest BCUT2D eigenvalue weighted by Gasteiger charge is 2.21. The van der Waals surface area contributed by atoms with Crippen molar-refractivity contribution in [3.63, 3.8) is 0 Å². The summed E-state index contributed by atoms with van der Waals surface area (Å²) in [7, 11) is 0. The number of rotatable bonds is 7. The van der Waals surface area contributed by atoms with Crippen LogP contribution in [0.5, 0.6) is 0 Å². The Morgan fingerprint density at radius 3 is 2.27 bits per heavy atom. The number of hydrogen-bond donors (Lipinski definition) is 0. The molecule has 3 heteroatoms. The highest BCUT2D eigenvalue weighted by molar-refractivity contribution is 5.48. The molecule has 0 bridgehead atoms. The van der Waals surface area contributed by atoms with Gasteiger partial charge in [-0.15, -0.1) is 0 Å². The van der Waals surface area contributed by atoms with Gasteiger partial charge in [-0.25, -0.2) is 0 Å². The third kappa shape index (κ3) is 5.28. The topological polar surface area (TPSA) is 35.5 Å².